The van der Waals surface area contributed by atoms with E-state index in [-0.39, 0.29) is 11.8 Å². The average Bonchev–Trinajstić information content (AvgIpc) is 3.21. The molecule has 9 nitrogen and oxygen atoms in total. The molecule has 2 aliphatic rings. The summed E-state index contributed by atoms with van der Waals surface area (Å²) in [4.78, 5) is 18.3. The van der Waals surface area contributed by atoms with Crippen LogP contribution in [0.1, 0.15) is 52.1 Å². The van der Waals surface area contributed by atoms with Gasteiger partial charge in [0.1, 0.15) is 22.4 Å². The Hall–Kier alpha value is -2.40. The van der Waals surface area contributed by atoms with Crippen LogP contribution >= 0.6 is 11.3 Å². The largest absolute Gasteiger partial charge is 0.390 e. The minimum absolute atomic E-state index is 0.267. The molecule has 2 fully saturated rings. The second-order valence-electron chi connectivity index (χ2n) is 10.7. The maximum atomic E-state index is 11.4. The summed E-state index contributed by atoms with van der Waals surface area (Å²) in [5.74, 6) is 0.396. The zero-order valence-corrected chi connectivity index (χ0v) is 20.8. The fraction of sp³-hybridized carbons (Fsp3) is 0.583. The van der Waals surface area contributed by atoms with Crippen molar-refractivity contribution in [3.63, 3.8) is 0 Å². The lowest BCUT2D eigenvalue weighted by Gasteiger charge is -2.34. The van der Waals surface area contributed by atoms with Crippen LogP contribution in [0, 0.1) is 18.3 Å². The van der Waals surface area contributed by atoms with Gasteiger partial charge in [-0.25, -0.2) is 9.97 Å². The number of pyridine rings is 1. The number of hydrogen-bond donors (Lipinski definition) is 5. The zero-order chi connectivity index (χ0) is 24.3. The molecule has 3 aromatic rings. The van der Waals surface area contributed by atoms with Crippen LogP contribution in [0.5, 0.6) is 0 Å². The quantitative estimate of drug-likeness (QED) is 0.320. The van der Waals surface area contributed by atoms with Gasteiger partial charge in [-0.3, -0.25) is 4.98 Å². The summed E-state index contributed by atoms with van der Waals surface area (Å²) >= 11 is 1.50. The number of rotatable bonds is 7. The van der Waals surface area contributed by atoms with E-state index in [1.807, 2.05) is 13.0 Å². The molecule has 0 spiro atoms. The van der Waals surface area contributed by atoms with Crippen LogP contribution < -0.4 is 10.6 Å². The fourth-order valence-electron chi connectivity index (χ4n) is 4.66. The highest BCUT2D eigenvalue weighted by molar-refractivity contribution is 7.21. The number of nitrogens with one attached hydrogen (secondary N) is 2. The Morgan fingerprint density at radius 3 is 2.62 bits per heavy atom. The van der Waals surface area contributed by atoms with Crippen molar-refractivity contribution >= 4 is 33.3 Å². The Bertz CT molecular complexity index is 1190. The van der Waals surface area contributed by atoms with Crippen molar-refractivity contribution in [2.45, 2.75) is 70.8 Å². The molecule has 3 aromatic heterocycles. The van der Waals surface area contributed by atoms with Gasteiger partial charge in [0, 0.05) is 18.7 Å². The smallest absolute Gasteiger partial charge is 0.224 e. The second kappa shape index (κ2) is 8.08. The lowest BCUT2D eigenvalue weighted by molar-refractivity contribution is -0.0926. The molecule has 2 aliphatic carbocycles. The van der Waals surface area contributed by atoms with Gasteiger partial charge in [0.25, 0.3) is 0 Å². The standard InChI is InChI=1S/C24H32N6O3S/c1-13-17(20-28-15-11-25-10-6-16(15)34-20)19(29-21(27-13)26-12-23(4)8-9-23)30-24(33)7-5-14(18(24)31)22(2,3)32/h6,10-11,14,18,31-33H,5,7-9,12H2,1-4H3,(H2,26,27,29,30). The minimum Gasteiger partial charge on any atom is -0.390 e. The third-order valence-electron chi connectivity index (χ3n) is 7.22. The lowest BCUT2D eigenvalue weighted by atomic mass is 9.87. The Morgan fingerprint density at radius 2 is 1.97 bits per heavy atom. The molecular weight excluding hydrogens is 452 g/mol. The minimum atomic E-state index is -1.64. The second-order valence-corrected chi connectivity index (χ2v) is 11.7. The van der Waals surface area contributed by atoms with Crippen molar-refractivity contribution in [2.75, 3.05) is 17.2 Å². The number of aromatic nitrogens is 4. The molecule has 10 heteroatoms. The summed E-state index contributed by atoms with van der Waals surface area (Å²) < 4.78 is 0.987. The molecule has 5 rings (SSSR count). The number of nitrogens with zero attached hydrogens (tertiary/aromatic N) is 4. The first-order chi connectivity index (χ1) is 16.0. The van der Waals surface area contributed by atoms with Crippen LogP contribution in [0.4, 0.5) is 11.8 Å². The third-order valence-corrected chi connectivity index (χ3v) is 8.27. The summed E-state index contributed by atoms with van der Waals surface area (Å²) in [5, 5.41) is 40.1. The molecular formula is C24H32N6O3S. The molecule has 3 unspecified atom stereocenters. The Balaban J connectivity index is 1.54. The molecule has 0 saturated heterocycles. The third kappa shape index (κ3) is 4.35. The van der Waals surface area contributed by atoms with Crippen LogP contribution in [0.3, 0.4) is 0 Å². The molecule has 3 atom stereocenters. The summed E-state index contributed by atoms with van der Waals surface area (Å²) in [5.41, 5.74) is -0.331. The topological polar surface area (TPSA) is 136 Å². The lowest BCUT2D eigenvalue weighted by Crippen LogP contribution is -2.51. The van der Waals surface area contributed by atoms with Gasteiger partial charge in [-0.2, -0.15) is 4.98 Å². The van der Waals surface area contributed by atoms with Gasteiger partial charge in [-0.05, 0) is 57.9 Å². The van der Waals surface area contributed by atoms with E-state index in [1.54, 1.807) is 26.2 Å². The van der Waals surface area contributed by atoms with Crippen molar-refractivity contribution in [3.05, 3.63) is 24.2 Å². The first-order valence-corrected chi connectivity index (χ1v) is 12.5. The van der Waals surface area contributed by atoms with Crippen LogP contribution in [0.15, 0.2) is 18.5 Å². The van der Waals surface area contributed by atoms with Crippen LogP contribution in [-0.2, 0) is 0 Å². The first-order valence-electron chi connectivity index (χ1n) is 11.7. The van der Waals surface area contributed by atoms with E-state index in [2.05, 4.69) is 27.5 Å². The normalized spacial score (nSPS) is 26.1. The van der Waals surface area contributed by atoms with E-state index in [9.17, 15) is 15.3 Å². The maximum Gasteiger partial charge on any atom is 0.224 e. The van der Waals surface area contributed by atoms with Gasteiger partial charge in [-0.15, -0.1) is 11.3 Å². The molecule has 2 saturated carbocycles. The van der Waals surface area contributed by atoms with Crippen LogP contribution in [0.2, 0.25) is 0 Å². The Morgan fingerprint density at radius 1 is 1.21 bits per heavy atom. The molecule has 5 N–H and O–H groups in total. The van der Waals surface area contributed by atoms with Crippen molar-refractivity contribution < 1.29 is 15.3 Å². The van der Waals surface area contributed by atoms with Gasteiger partial charge < -0.3 is 26.0 Å². The number of anilines is 2. The van der Waals surface area contributed by atoms with Gasteiger partial charge in [0.05, 0.1) is 27.8 Å². The molecule has 34 heavy (non-hydrogen) atoms. The average molecular weight is 485 g/mol. The highest BCUT2D eigenvalue weighted by atomic mass is 32.1. The van der Waals surface area contributed by atoms with Gasteiger partial charge in [0.15, 0.2) is 5.72 Å². The van der Waals surface area contributed by atoms with Crippen molar-refractivity contribution in [1.29, 1.82) is 0 Å². The highest BCUT2D eigenvalue weighted by Crippen LogP contribution is 2.45. The van der Waals surface area contributed by atoms with Crippen molar-refractivity contribution in [3.8, 4) is 10.6 Å². The molecule has 0 amide bonds. The van der Waals surface area contributed by atoms with E-state index < -0.39 is 23.3 Å². The van der Waals surface area contributed by atoms with E-state index in [4.69, 9.17) is 9.97 Å². The van der Waals surface area contributed by atoms with E-state index in [0.717, 1.165) is 16.8 Å². The van der Waals surface area contributed by atoms with Gasteiger partial charge in [-0.1, -0.05) is 6.92 Å². The molecule has 0 radical (unpaired) electrons. The van der Waals surface area contributed by atoms with Gasteiger partial charge in [0.2, 0.25) is 5.95 Å². The van der Waals surface area contributed by atoms with Crippen LogP contribution in [0.25, 0.3) is 20.8 Å². The number of fused-ring (bicyclic) bond motifs is 1. The number of hydrogen-bond acceptors (Lipinski definition) is 10. The molecule has 182 valence electrons. The summed E-state index contributed by atoms with van der Waals surface area (Å²) in [6.45, 7) is 8.20. The highest BCUT2D eigenvalue weighted by Gasteiger charge is 2.52. The van der Waals surface area contributed by atoms with E-state index in [1.165, 1.54) is 24.2 Å². The monoisotopic (exact) mass is 484 g/mol. The fourth-order valence-corrected chi connectivity index (χ4v) is 5.69. The number of aliphatic hydroxyl groups is 3. The molecule has 0 aliphatic heterocycles. The number of aliphatic hydroxyl groups excluding tert-OH is 1. The summed E-state index contributed by atoms with van der Waals surface area (Å²) in [6.07, 6.45) is 5.37. The van der Waals surface area contributed by atoms with Gasteiger partial charge >= 0.3 is 0 Å². The summed E-state index contributed by atoms with van der Waals surface area (Å²) in [6, 6.07) is 1.91. The number of aryl methyl sites for hydroxylation is 1. The maximum absolute atomic E-state index is 11.4. The Labute approximate surface area is 202 Å². The van der Waals surface area contributed by atoms with Crippen molar-refractivity contribution in [1.82, 2.24) is 19.9 Å². The van der Waals surface area contributed by atoms with Crippen molar-refractivity contribution in [2.24, 2.45) is 11.3 Å². The molecule has 3 heterocycles. The predicted octanol–water partition coefficient (Wildman–Crippen LogP) is 3.31. The van der Waals surface area contributed by atoms with E-state index in [0.29, 0.717) is 34.5 Å². The number of thiazole rings is 1. The molecule has 0 aromatic carbocycles. The molecule has 0 bridgehead atoms. The zero-order valence-electron chi connectivity index (χ0n) is 20.0. The summed E-state index contributed by atoms with van der Waals surface area (Å²) in [7, 11) is 0. The first kappa shape index (κ1) is 23.3. The van der Waals surface area contributed by atoms with Crippen LogP contribution in [-0.4, -0.2) is 59.2 Å². The predicted molar refractivity (Wildman–Crippen MR) is 133 cm³/mol. The van der Waals surface area contributed by atoms with E-state index >= 15 is 0 Å². The SMILES string of the molecule is Cc1nc(NCC2(C)CC2)nc(NC2(O)CCC(C(C)(C)O)C2O)c1-c1nc2cnccc2s1. The Kier molecular flexibility index (Phi) is 5.55.